The van der Waals surface area contributed by atoms with Gasteiger partial charge in [0.25, 0.3) is 5.56 Å². The van der Waals surface area contributed by atoms with E-state index in [0.717, 1.165) is 24.5 Å². The van der Waals surface area contributed by atoms with Crippen molar-refractivity contribution in [3.8, 4) is 0 Å². The van der Waals surface area contributed by atoms with Crippen LogP contribution in [0.3, 0.4) is 0 Å². The zero-order valence-electron chi connectivity index (χ0n) is 24.4. The fourth-order valence-corrected chi connectivity index (χ4v) is 4.52. The number of nitrogens with one attached hydrogen (secondary N) is 2. The molecule has 0 fully saturated rings. The van der Waals surface area contributed by atoms with Crippen molar-refractivity contribution in [2.75, 3.05) is 26.5 Å². The van der Waals surface area contributed by atoms with Gasteiger partial charge in [-0.2, -0.15) is 0 Å². The average molecular weight is 580 g/mol. The lowest BCUT2D eigenvalue weighted by Gasteiger charge is -2.17. The maximum atomic E-state index is 13.3. The standard InChI is InChI=1S/C30H37N5O7/c1-19(2)16-20-10-8-13-25-22(20)17-21(35(25)30(40)41)18-34-15-9-12-24(28(34)38)31-27(37)23(32-29(39)42-5)11-6-7-14-26(36)33(3)4/h7-10,12-15,17,19,23H,6,11,16,18H2,1-5H3,(H,31,37)(H,32,39)(H,40,41). The van der Waals surface area contributed by atoms with Gasteiger partial charge in [-0.25, -0.2) is 14.2 Å². The number of hydrogen-bond acceptors (Lipinski definition) is 6. The van der Waals surface area contributed by atoms with Crippen molar-refractivity contribution in [2.24, 2.45) is 5.92 Å². The van der Waals surface area contributed by atoms with Gasteiger partial charge in [0.15, 0.2) is 0 Å². The van der Waals surface area contributed by atoms with Crippen LogP contribution in [0.1, 0.15) is 37.9 Å². The number of aromatic nitrogens is 2. The van der Waals surface area contributed by atoms with Crippen LogP contribution in [0.4, 0.5) is 15.3 Å². The van der Waals surface area contributed by atoms with Crippen LogP contribution in [-0.4, -0.2) is 70.4 Å². The molecule has 12 heteroatoms. The molecule has 224 valence electrons. The minimum Gasteiger partial charge on any atom is -0.464 e. The molecule has 0 spiro atoms. The number of pyridine rings is 1. The third kappa shape index (κ3) is 7.87. The summed E-state index contributed by atoms with van der Waals surface area (Å²) in [5.41, 5.74) is 1.34. The number of carbonyl (C=O) groups excluding carboxylic acids is 3. The number of methoxy groups -OCH3 is 1. The van der Waals surface area contributed by atoms with Crippen molar-refractivity contribution in [3.05, 3.63) is 76.4 Å². The van der Waals surface area contributed by atoms with E-state index in [1.807, 2.05) is 12.1 Å². The van der Waals surface area contributed by atoms with E-state index in [4.69, 9.17) is 0 Å². The number of allylic oxidation sites excluding steroid dienone is 1. The van der Waals surface area contributed by atoms with E-state index >= 15 is 0 Å². The van der Waals surface area contributed by atoms with Crippen LogP contribution in [0, 0.1) is 5.92 Å². The van der Waals surface area contributed by atoms with Gasteiger partial charge < -0.3 is 29.9 Å². The van der Waals surface area contributed by atoms with Crippen molar-refractivity contribution in [2.45, 2.75) is 45.7 Å². The maximum absolute atomic E-state index is 13.3. The number of carbonyl (C=O) groups is 4. The molecule has 3 aromatic rings. The fraction of sp³-hybridized carbons (Fsp3) is 0.367. The Morgan fingerprint density at radius 1 is 1.12 bits per heavy atom. The number of ether oxygens (including phenoxy) is 1. The number of rotatable bonds is 11. The lowest BCUT2D eigenvalue weighted by molar-refractivity contribution is -0.123. The Kier molecular flexibility index (Phi) is 10.7. The highest BCUT2D eigenvalue weighted by molar-refractivity contribution is 5.96. The van der Waals surface area contributed by atoms with Crippen molar-refractivity contribution in [3.63, 3.8) is 0 Å². The number of carboxylic acid groups (broad SMARTS) is 1. The highest BCUT2D eigenvalue weighted by atomic mass is 16.5. The van der Waals surface area contributed by atoms with Crippen molar-refractivity contribution >= 4 is 40.6 Å². The van der Waals surface area contributed by atoms with Crippen molar-refractivity contribution in [1.29, 1.82) is 0 Å². The fourth-order valence-electron chi connectivity index (χ4n) is 4.52. The number of benzene rings is 1. The Morgan fingerprint density at radius 2 is 1.86 bits per heavy atom. The molecule has 0 saturated carbocycles. The Hall–Kier alpha value is -4.87. The van der Waals surface area contributed by atoms with Gasteiger partial charge in [0, 0.05) is 25.7 Å². The molecular weight excluding hydrogens is 542 g/mol. The van der Waals surface area contributed by atoms with Gasteiger partial charge in [-0.1, -0.05) is 32.1 Å². The molecule has 1 aromatic carbocycles. The summed E-state index contributed by atoms with van der Waals surface area (Å²) in [4.78, 5) is 63.7. The lowest BCUT2D eigenvalue weighted by atomic mass is 10.00. The molecular formula is C30H37N5O7. The zero-order chi connectivity index (χ0) is 31.0. The first kappa shape index (κ1) is 31.7. The normalized spacial score (nSPS) is 12.0. The summed E-state index contributed by atoms with van der Waals surface area (Å²) in [7, 11) is 4.39. The monoisotopic (exact) mass is 579 g/mol. The molecule has 2 heterocycles. The predicted octanol–water partition coefficient (Wildman–Crippen LogP) is 3.66. The van der Waals surface area contributed by atoms with Gasteiger partial charge in [-0.15, -0.1) is 0 Å². The minimum atomic E-state index is -1.17. The zero-order valence-corrected chi connectivity index (χ0v) is 24.4. The summed E-state index contributed by atoms with van der Waals surface area (Å²) < 4.78 is 7.10. The van der Waals surface area contributed by atoms with Gasteiger partial charge in [0.1, 0.15) is 11.7 Å². The van der Waals surface area contributed by atoms with Crippen LogP contribution in [0.25, 0.3) is 10.9 Å². The van der Waals surface area contributed by atoms with E-state index in [0.29, 0.717) is 23.5 Å². The van der Waals surface area contributed by atoms with Crippen LogP contribution in [0.2, 0.25) is 0 Å². The molecule has 12 nitrogen and oxygen atoms in total. The first-order valence-electron chi connectivity index (χ1n) is 13.5. The van der Waals surface area contributed by atoms with Gasteiger partial charge in [0.2, 0.25) is 11.8 Å². The minimum absolute atomic E-state index is 0.0454. The van der Waals surface area contributed by atoms with Crippen LogP contribution < -0.4 is 16.2 Å². The first-order chi connectivity index (χ1) is 19.9. The van der Waals surface area contributed by atoms with E-state index in [9.17, 15) is 29.1 Å². The molecule has 1 atom stereocenters. The summed E-state index contributed by atoms with van der Waals surface area (Å²) in [5, 5.41) is 15.8. The second-order valence-electron chi connectivity index (χ2n) is 10.4. The summed E-state index contributed by atoms with van der Waals surface area (Å²) in [5.74, 6) is -0.510. The Bertz CT molecular complexity index is 1550. The first-order valence-corrected chi connectivity index (χ1v) is 13.5. The largest absolute Gasteiger partial charge is 0.464 e. The molecule has 0 saturated heterocycles. The molecule has 3 N–H and O–H groups in total. The van der Waals surface area contributed by atoms with E-state index in [1.165, 1.54) is 32.4 Å². The summed E-state index contributed by atoms with van der Waals surface area (Å²) in [6.45, 7) is 4.11. The molecule has 42 heavy (non-hydrogen) atoms. The van der Waals surface area contributed by atoms with Gasteiger partial charge in [0.05, 0.1) is 24.9 Å². The smallest absolute Gasteiger partial charge is 0.416 e. The Morgan fingerprint density at radius 3 is 2.50 bits per heavy atom. The molecule has 1 unspecified atom stereocenters. The maximum Gasteiger partial charge on any atom is 0.416 e. The Balaban J connectivity index is 1.86. The number of alkyl carbamates (subject to hydrolysis) is 1. The number of hydrogen-bond donors (Lipinski definition) is 3. The summed E-state index contributed by atoms with van der Waals surface area (Å²) in [6, 6.07) is 9.23. The molecule has 0 radical (unpaired) electrons. The molecule has 3 rings (SSSR count). The SMILES string of the molecule is COC(=O)NC(CCC=CC(=O)N(C)C)C(=O)Nc1cccn(Cc2cc3c(CC(C)C)cccc3n2C(=O)O)c1=O. The third-order valence-corrected chi connectivity index (χ3v) is 6.56. The van der Waals surface area contributed by atoms with Gasteiger partial charge in [-0.3, -0.25) is 14.4 Å². The van der Waals surface area contributed by atoms with Crippen LogP contribution in [-0.2, 0) is 27.3 Å². The molecule has 0 bridgehead atoms. The molecule has 0 aliphatic carbocycles. The lowest BCUT2D eigenvalue weighted by Crippen LogP contribution is -2.44. The molecule has 0 aliphatic heterocycles. The second-order valence-corrected chi connectivity index (χ2v) is 10.4. The van der Waals surface area contributed by atoms with E-state index in [-0.39, 0.29) is 24.6 Å². The number of amides is 3. The highest BCUT2D eigenvalue weighted by Gasteiger charge is 2.22. The number of anilines is 1. The summed E-state index contributed by atoms with van der Waals surface area (Å²) >= 11 is 0. The van der Waals surface area contributed by atoms with E-state index in [1.54, 1.807) is 38.4 Å². The summed E-state index contributed by atoms with van der Waals surface area (Å²) in [6.07, 6.45) is 3.66. The van der Waals surface area contributed by atoms with Crippen molar-refractivity contribution < 1.29 is 29.0 Å². The Labute approximate surface area is 243 Å². The van der Waals surface area contributed by atoms with E-state index < -0.39 is 29.7 Å². The number of fused-ring (bicyclic) bond motifs is 1. The van der Waals surface area contributed by atoms with Crippen LogP contribution in [0.15, 0.2) is 59.5 Å². The number of nitrogens with zero attached hydrogens (tertiary/aromatic N) is 3. The molecule has 3 amide bonds. The third-order valence-electron chi connectivity index (χ3n) is 6.56. The molecule has 0 aliphatic rings. The predicted molar refractivity (Wildman–Crippen MR) is 159 cm³/mol. The van der Waals surface area contributed by atoms with Crippen molar-refractivity contribution in [1.82, 2.24) is 19.4 Å². The van der Waals surface area contributed by atoms with Gasteiger partial charge in [-0.05, 0) is 61.1 Å². The topological polar surface area (TPSA) is 152 Å². The van der Waals surface area contributed by atoms with Crippen LogP contribution >= 0.6 is 0 Å². The van der Waals surface area contributed by atoms with E-state index in [2.05, 4.69) is 29.2 Å². The molecule has 2 aromatic heterocycles. The quantitative estimate of drug-likeness (QED) is 0.293. The average Bonchev–Trinajstić information content (AvgIpc) is 3.31. The highest BCUT2D eigenvalue weighted by Crippen LogP contribution is 2.26. The second kappa shape index (κ2) is 14.2. The van der Waals surface area contributed by atoms with Gasteiger partial charge >= 0.3 is 12.2 Å². The number of likely N-dealkylation sites (N-methyl/N-ethyl adjacent to an activating group) is 1. The van der Waals surface area contributed by atoms with Crippen LogP contribution in [0.5, 0.6) is 0 Å².